The number of hydrogen-bond acceptors (Lipinski definition) is 4. The molecule has 6 nitrogen and oxygen atoms in total. The molecule has 0 aliphatic carbocycles. The summed E-state index contributed by atoms with van der Waals surface area (Å²) >= 11 is 0. The van der Waals surface area contributed by atoms with Crippen molar-refractivity contribution < 1.29 is 9.53 Å². The van der Waals surface area contributed by atoms with E-state index in [9.17, 15) is 4.79 Å². The molecule has 25 heavy (non-hydrogen) atoms. The zero-order valence-corrected chi connectivity index (χ0v) is 15.2. The van der Waals surface area contributed by atoms with E-state index in [0.717, 1.165) is 22.5 Å². The lowest BCUT2D eigenvalue weighted by Crippen LogP contribution is -2.13. The van der Waals surface area contributed by atoms with Gasteiger partial charge in [0, 0.05) is 12.1 Å². The first-order valence-electron chi connectivity index (χ1n) is 8.30. The van der Waals surface area contributed by atoms with Gasteiger partial charge in [0.2, 0.25) is 5.91 Å². The summed E-state index contributed by atoms with van der Waals surface area (Å²) in [5.41, 5.74) is 4.75. The molecule has 0 aliphatic rings. The molecule has 1 aromatic heterocycles. The zero-order chi connectivity index (χ0) is 18.4. The molecule has 0 radical (unpaired) electrons. The maximum atomic E-state index is 12.3. The van der Waals surface area contributed by atoms with E-state index < -0.39 is 0 Å². The third kappa shape index (κ3) is 4.60. The van der Waals surface area contributed by atoms with E-state index >= 15 is 0 Å². The van der Waals surface area contributed by atoms with Crippen LogP contribution in [0.5, 0.6) is 5.75 Å². The lowest BCUT2D eigenvalue weighted by Gasteiger charge is -2.11. The van der Waals surface area contributed by atoms with Gasteiger partial charge in [0.1, 0.15) is 5.75 Å². The molecular weight excluding hydrogens is 316 g/mol. The Balaban J connectivity index is 2.02. The molecule has 0 unspecified atom stereocenters. The summed E-state index contributed by atoms with van der Waals surface area (Å²) in [7, 11) is 1.59. The van der Waals surface area contributed by atoms with Crippen LogP contribution in [0.3, 0.4) is 0 Å². The molecule has 0 aliphatic heterocycles. The molecule has 0 saturated heterocycles. The van der Waals surface area contributed by atoms with Gasteiger partial charge in [0.25, 0.3) is 0 Å². The number of aromatic nitrogens is 2. The Morgan fingerprint density at radius 2 is 2.12 bits per heavy atom. The van der Waals surface area contributed by atoms with Gasteiger partial charge < -0.3 is 10.1 Å². The number of aryl methyl sites for hydroxylation is 3. The second kappa shape index (κ2) is 8.34. The van der Waals surface area contributed by atoms with Crippen LogP contribution >= 0.6 is 0 Å². The van der Waals surface area contributed by atoms with Crippen molar-refractivity contribution in [2.45, 2.75) is 46.6 Å². The first-order valence-corrected chi connectivity index (χ1v) is 8.30. The van der Waals surface area contributed by atoms with E-state index in [4.69, 9.17) is 10.00 Å². The number of carbonyl (C=O) groups is 1. The summed E-state index contributed by atoms with van der Waals surface area (Å²) in [5, 5.41) is 16.1. The molecule has 6 heteroatoms. The molecule has 0 atom stereocenters. The fourth-order valence-electron chi connectivity index (χ4n) is 2.84. The van der Waals surface area contributed by atoms with Crippen molar-refractivity contribution in [2.75, 3.05) is 12.4 Å². The van der Waals surface area contributed by atoms with Gasteiger partial charge in [0.15, 0.2) is 0 Å². The van der Waals surface area contributed by atoms with Crippen LogP contribution in [-0.2, 0) is 17.8 Å². The minimum absolute atomic E-state index is 0.0625. The number of nitrogens with one attached hydrogen (secondary N) is 1. The highest BCUT2D eigenvalue weighted by Gasteiger charge is 2.14. The number of benzene rings is 1. The van der Waals surface area contributed by atoms with Gasteiger partial charge in [0.05, 0.1) is 37.5 Å². The standard InChI is InChI=1S/C19H24N4O2/c1-13-6-8-18(25-4)17(12-13)21-19(24)9-7-16-14(2)22-23(15(16)3)11-5-10-20/h6,8,12H,5,7,9,11H2,1-4H3,(H,21,24). The Morgan fingerprint density at radius 1 is 1.36 bits per heavy atom. The van der Waals surface area contributed by atoms with E-state index in [1.54, 1.807) is 7.11 Å². The van der Waals surface area contributed by atoms with E-state index in [1.807, 2.05) is 43.7 Å². The van der Waals surface area contributed by atoms with Crippen LogP contribution in [0.15, 0.2) is 18.2 Å². The van der Waals surface area contributed by atoms with Crippen molar-refractivity contribution in [2.24, 2.45) is 0 Å². The van der Waals surface area contributed by atoms with E-state index in [1.165, 1.54) is 0 Å². The molecule has 2 rings (SSSR count). The smallest absolute Gasteiger partial charge is 0.224 e. The van der Waals surface area contributed by atoms with Crippen molar-refractivity contribution in [3.05, 3.63) is 40.7 Å². The second-order valence-corrected chi connectivity index (χ2v) is 6.03. The van der Waals surface area contributed by atoms with Gasteiger partial charge in [-0.2, -0.15) is 10.4 Å². The summed E-state index contributed by atoms with van der Waals surface area (Å²) in [4.78, 5) is 12.3. The molecule has 1 heterocycles. The average Bonchev–Trinajstić information content (AvgIpc) is 2.85. The van der Waals surface area contributed by atoms with Gasteiger partial charge in [-0.05, 0) is 50.5 Å². The van der Waals surface area contributed by atoms with Crippen LogP contribution in [0.1, 0.15) is 35.4 Å². The summed E-state index contributed by atoms with van der Waals surface area (Å²) in [6.45, 7) is 6.47. The third-order valence-corrected chi connectivity index (χ3v) is 4.20. The van der Waals surface area contributed by atoms with Gasteiger partial charge in [-0.15, -0.1) is 0 Å². The number of rotatable bonds is 7. The van der Waals surface area contributed by atoms with Crippen molar-refractivity contribution in [3.63, 3.8) is 0 Å². The highest BCUT2D eigenvalue weighted by atomic mass is 16.5. The Morgan fingerprint density at radius 3 is 2.80 bits per heavy atom. The van der Waals surface area contributed by atoms with Crippen LogP contribution in [-0.4, -0.2) is 22.8 Å². The van der Waals surface area contributed by atoms with Crippen molar-refractivity contribution in [3.8, 4) is 11.8 Å². The van der Waals surface area contributed by atoms with Gasteiger partial charge in [-0.1, -0.05) is 6.07 Å². The Bertz CT molecular complexity index is 802. The van der Waals surface area contributed by atoms with Crippen LogP contribution < -0.4 is 10.1 Å². The summed E-state index contributed by atoms with van der Waals surface area (Å²) in [5.74, 6) is 0.586. The number of ether oxygens (including phenoxy) is 1. The monoisotopic (exact) mass is 340 g/mol. The molecule has 0 saturated carbocycles. The van der Waals surface area contributed by atoms with Crippen LogP contribution in [0.25, 0.3) is 0 Å². The van der Waals surface area contributed by atoms with Gasteiger partial charge >= 0.3 is 0 Å². The van der Waals surface area contributed by atoms with Crippen LogP contribution in [0.2, 0.25) is 0 Å². The number of hydrogen-bond donors (Lipinski definition) is 1. The summed E-state index contributed by atoms with van der Waals surface area (Å²) in [6, 6.07) is 7.81. The predicted octanol–water partition coefficient (Wildman–Crippen LogP) is 3.30. The van der Waals surface area contributed by atoms with Gasteiger partial charge in [-0.3, -0.25) is 9.48 Å². The number of nitrogens with zero attached hydrogens (tertiary/aromatic N) is 3. The number of amides is 1. The Kier molecular flexibility index (Phi) is 6.18. The minimum Gasteiger partial charge on any atom is -0.495 e. The lowest BCUT2D eigenvalue weighted by atomic mass is 10.1. The van der Waals surface area contributed by atoms with Crippen molar-refractivity contribution >= 4 is 11.6 Å². The number of anilines is 1. The van der Waals surface area contributed by atoms with Crippen LogP contribution in [0, 0.1) is 32.1 Å². The largest absolute Gasteiger partial charge is 0.495 e. The van der Waals surface area contributed by atoms with Crippen LogP contribution in [0.4, 0.5) is 5.69 Å². The van der Waals surface area contributed by atoms with E-state index in [2.05, 4.69) is 16.5 Å². The molecule has 2 aromatic rings. The van der Waals surface area contributed by atoms with Crippen molar-refractivity contribution in [1.29, 1.82) is 5.26 Å². The number of nitriles is 1. The minimum atomic E-state index is -0.0625. The topological polar surface area (TPSA) is 79.9 Å². The van der Waals surface area contributed by atoms with Gasteiger partial charge in [-0.25, -0.2) is 0 Å². The maximum Gasteiger partial charge on any atom is 0.224 e. The number of methoxy groups -OCH3 is 1. The average molecular weight is 340 g/mol. The molecule has 0 spiro atoms. The molecule has 0 fully saturated rings. The first kappa shape index (κ1) is 18.5. The summed E-state index contributed by atoms with van der Waals surface area (Å²) < 4.78 is 7.13. The predicted molar refractivity (Wildman–Crippen MR) is 96.6 cm³/mol. The number of carbonyl (C=O) groups excluding carboxylic acids is 1. The van der Waals surface area contributed by atoms with E-state index in [0.29, 0.717) is 37.2 Å². The zero-order valence-electron chi connectivity index (χ0n) is 15.2. The Labute approximate surface area is 148 Å². The van der Waals surface area contributed by atoms with Crippen molar-refractivity contribution in [1.82, 2.24) is 9.78 Å². The van der Waals surface area contributed by atoms with E-state index in [-0.39, 0.29) is 5.91 Å². The Hall–Kier alpha value is -2.81. The molecule has 132 valence electrons. The molecule has 0 bridgehead atoms. The summed E-state index contributed by atoms with van der Waals surface area (Å²) in [6.07, 6.45) is 1.40. The molecule has 1 aromatic carbocycles. The molecule has 1 N–H and O–H groups in total. The fourth-order valence-corrected chi connectivity index (χ4v) is 2.84. The first-order chi connectivity index (χ1) is 12.0. The molecular formula is C19H24N4O2. The quantitative estimate of drug-likeness (QED) is 0.838. The highest BCUT2D eigenvalue weighted by molar-refractivity contribution is 5.92. The SMILES string of the molecule is COc1ccc(C)cc1NC(=O)CCc1c(C)nn(CCC#N)c1C. The fraction of sp³-hybridized carbons (Fsp3) is 0.421. The normalized spacial score (nSPS) is 10.4. The second-order valence-electron chi connectivity index (χ2n) is 6.03. The maximum absolute atomic E-state index is 12.3. The highest BCUT2D eigenvalue weighted by Crippen LogP contribution is 2.25. The lowest BCUT2D eigenvalue weighted by molar-refractivity contribution is -0.116. The molecule has 1 amide bonds. The third-order valence-electron chi connectivity index (χ3n) is 4.20.